The van der Waals surface area contributed by atoms with Crippen molar-refractivity contribution in [2.75, 3.05) is 19.7 Å². The van der Waals surface area contributed by atoms with Gasteiger partial charge in [0.15, 0.2) is 5.65 Å². The summed E-state index contributed by atoms with van der Waals surface area (Å²) in [7, 11) is 1.99. The van der Waals surface area contributed by atoms with Gasteiger partial charge in [0.1, 0.15) is 17.1 Å². The van der Waals surface area contributed by atoms with Gasteiger partial charge >= 0.3 is 0 Å². The van der Waals surface area contributed by atoms with Crippen LogP contribution in [0, 0.1) is 0 Å². The molecule has 4 rings (SSSR count). The van der Waals surface area contributed by atoms with Crippen molar-refractivity contribution in [2.45, 2.75) is 19.3 Å². The summed E-state index contributed by atoms with van der Waals surface area (Å²) in [5.41, 5.74) is 2.41. The van der Waals surface area contributed by atoms with E-state index >= 15 is 0 Å². The van der Waals surface area contributed by atoms with E-state index in [0.717, 1.165) is 30.0 Å². The topological polar surface area (TPSA) is 60.2 Å². The highest BCUT2D eigenvalue weighted by molar-refractivity contribution is 5.97. The lowest BCUT2D eigenvalue weighted by Gasteiger charge is -2.18. The number of aryl methyl sites for hydroxylation is 1. The van der Waals surface area contributed by atoms with Crippen LogP contribution in [0.15, 0.2) is 42.6 Å². The third-order valence-corrected chi connectivity index (χ3v) is 4.92. The molecule has 134 valence electrons. The standard InChI is InChI=1S/C20H22N4O2/c1-3-26-17-9-5-4-7-15(17)20(25)24-12-10-14(13-24)18-22-16-8-6-11-21-19(16)23(18)2/h4-9,11,14H,3,10,12-13H2,1-2H3/t14-/m0/s1. The number of hydrogen-bond donors (Lipinski definition) is 0. The maximum atomic E-state index is 13.0. The van der Waals surface area contributed by atoms with Crippen molar-refractivity contribution in [3.8, 4) is 5.75 Å². The van der Waals surface area contributed by atoms with Gasteiger partial charge in [-0.05, 0) is 37.6 Å². The van der Waals surface area contributed by atoms with Crippen molar-refractivity contribution in [1.29, 1.82) is 0 Å². The lowest BCUT2D eigenvalue weighted by molar-refractivity contribution is 0.0786. The average molecular weight is 350 g/mol. The molecule has 1 saturated heterocycles. The smallest absolute Gasteiger partial charge is 0.257 e. The van der Waals surface area contributed by atoms with Crippen LogP contribution in [0.3, 0.4) is 0 Å². The molecule has 0 aliphatic carbocycles. The molecule has 0 spiro atoms. The van der Waals surface area contributed by atoms with E-state index < -0.39 is 0 Å². The van der Waals surface area contributed by atoms with E-state index in [1.165, 1.54) is 0 Å². The van der Waals surface area contributed by atoms with Gasteiger partial charge in [-0.1, -0.05) is 12.1 Å². The molecule has 3 aromatic rings. The number of aromatic nitrogens is 3. The SMILES string of the molecule is CCOc1ccccc1C(=O)N1CC[C@H](c2nc3cccnc3n2C)C1. The molecule has 1 aliphatic heterocycles. The van der Waals surface area contributed by atoms with Crippen molar-refractivity contribution in [3.05, 3.63) is 54.0 Å². The Labute approximate surface area is 152 Å². The van der Waals surface area contributed by atoms with E-state index in [1.54, 1.807) is 6.20 Å². The van der Waals surface area contributed by atoms with Crippen molar-refractivity contribution in [2.24, 2.45) is 7.05 Å². The maximum absolute atomic E-state index is 13.0. The zero-order valence-corrected chi connectivity index (χ0v) is 15.1. The van der Waals surface area contributed by atoms with Gasteiger partial charge in [0.05, 0.1) is 12.2 Å². The molecule has 6 nitrogen and oxygen atoms in total. The first-order chi connectivity index (χ1) is 12.7. The monoisotopic (exact) mass is 350 g/mol. The molecular formula is C20H22N4O2. The fourth-order valence-corrected chi connectivity index (χ4v) is 3.66. The molecule has 3 heterocycles. The molecule has 0 unspecified atom stereocenters. The molecule has 0 radical (unpaired) electrons. The molecule has 1 aliphatic rings. The van der Waals surface area contributed by atoms with Gasteiger partial charge in [-0.15, -0.1) is 0 Å². The van der Waals surface area contributed by atoms with E-state index in [0.29, 0.717) is 24.5 Å². The van der Waals surface area contributed by atoms with Crippen LogP contribution in [0.4, 0.5) is 0 Å². The number of carbonyl (C=O) groups excluding carboxylic acids is 1. The van der Waals surface area contributed by atoms with Gasteiger partial charge in [-0.3, -0.25) is 4.79 Å². The molecule has 1 atom stereocenters. The Morgan fingerprint density at radius 3 is 2.92 bits per heavy atom. The van der Waals surface area contributed by atoms with Crippen molar-refractivity contribution < 1.29 is 9.53 Å². The zero-order chi connectivity index (χ0) is 18.1. The summed E-state index contributed by atoms with van der Waals surface area (Å²) in [6.45, 7) is 3.85. The van der Waals surface area contributed by atoms with Gasteiger partial charge in [0.25, 0.3) is 5.91 Å². The molecule has 0 bridgehead atoms. The number of fused-ring (bicyclic) bond motifs is 1. The Balaban J connectivity index is 1.57. The predicted molar refractivity (Wildman–Crippen MR) is 99.4 cm³/mol. The summed E-state index contributed by atoms with van der Waals surface area (Å²) in [5.74, 6) is 1.88. The second kappa shape index (κ2) is 6.78. The molecule has 2 aromatic heterocycles. The Kier molecular flexibility index (Phi) is 4.32. The van der Waals surface area contributed by atoms with Crippen LogP contribution in [0.1, 0.15) is 35.4 Å². The highest BCUT2D eigenvalue weighted by Gasteiger charge is 2.32. The molecule has 6 heteroatoms. The average Bonchev–Trinajstić information content (AvgIpc) is 3.27. The molecule has 0 saturated carbocycles. The van der Waals surface area contributed by atoms with Gasteiger partial charge in [0, 0.05) is 32.3 Å². The Hall–Kier alpha value is -2.89. The third-order valence-electron chi connectivity index (χ3n) is 4.92. The van der Waals surface area contributed by atoms with E-state index in [-0.39, 0.29) is 11.8 Å². The number of ether oxygens (including phenoxy) is 1. The summed E-state index contributed by atoms with van der Waals surface area (Å²) >= 11 is 0. The van der Waals surface area contributed by atoms with Crippen molar-refractivity contribution in [3.63, 3.8) is 0 Å². The van der Waals surface area contributed by atoms with Crippen LogP contribution >= 0.6 is 0 Å². The second-order valence-corrected chi connectivity index (χ2v) is 6.54. The minimum Gasteiger partial charge on any atom is -0.493 e. The predicted octanol–water partition coefficient (Wildman–Crippen LogP) is 3.00. The van der Waals surface area contributed by atoms with Gasteiger partial charge < -0.3 is 14.2 Å². The third kappa shape index (κ3) is 2.81. The Bertz CT molecular complexity index is 950. The van der Waals surface area contributed by atoms with E-state index in [1.807, 2.05) is 59.8 Å². The largest absolute Gasteiger partial charge is 0.493 e. The molecule has 1 aromatic carbocycles. The number of carbonyl (C=O) groups is 1. The highest BCUT2D eigenvalue weighted by atomic mass is 16.5. The Morgan fingerprint density at radius 2 is 2.12 bits per heavy atom. The maximum Gasteiger partial charge on any atom is 0.257 e. The number of hydrogen-bond acceptors (Lipinski definition) is 4. The minimum atomic E-state index is 0.0217. The second-order valence-electron chi connectivity index (χ2n) is 6.54. The van der Waals surface area contributed by atoms with Crippen LogP contribution in [0.2, 0.25) is 0 Å². The van der Waals surface area contributed by atoms with Gasteiger partial charge in [0.2, 0.25) is 0 Å². The first-order valence-electron chi connectivity index (χ1n) is 8.97. The molecule has 1 amide bonds. The number of para-hydroxylation sites is 1. The summed E-state index contributed by atoms with van der Waals surface area (Å²) in [4.78, 5) is 24.0. The number of benzene rings is 1. The number of rotatable bonds is 4. The first-order valence-corrected chi connectivity index (χ1v) is 8.97. The summed E-state index contributed by atoms with van der Waals surface area (Å²) in [6, 6.07) is 11.3. The first kappa shape index (κ1) is 16.6. The van der Waals surface area contributed by atoms with Crippen LogP contribution in [0.25, 0.3) is 11.2 Å². The van der Waals surface area contributed by atoms with E-state index in [2.05, 4.69) is 4.98 Å². The van der Waals surface area contributed by atoms with Crippen LogP contribution < -0.4 is 4.74 Å². The van der Waals surface area contributed by atoms with Crippen molar-refractivity contribution in [1.82, 2.24) is 19.4 Å². The van der Waals surface area contributed by atoms with Crippen molar-refractivity contribution >= 4 is 17.1 Å². The lowest BCUT2D eigenvalue weighted by Crippen LogP contribution is -2.29. The van der Waals surface area contributed by atoms with E-state index in [4.69, 9.17) is 9.72 Å². The normalized spacial score (nSPS) is 17.0. The van der Waals surface area contributed by atoms with Crippen LogP contribution in [0.5, 0.6) is 5.75 Å². The molecule has 1 fully saturated rings. The quantitative estimate of drug-likeness (QED) is 0.726. The lowest BCUT2D eigenvalue weighted by atomic mass is 10.1. The summed E-state index contributed by atoms with van der Waals surface area (Å²) in [6.07, 6.45) is 2.68. The minimum absolute atomic E-state index is 0.0217. The van der Waals surface area contributed by atoms with Crippen LogP contribution in [-0.2, 0) is 7.05 Å². The fraction of sp³-hybridized carbons (Fsp3) is 0.350. The number of imidazole rings is 1. The summed E-state index contributed by atoms with van der Waals surface area (Å²) in [5, 5.41) is 0. The number of pyridine rings is 1. The number of nitrogens with zero attached hydrogens (tertiary/aromatic N) is 4. The molecule has 26 heavy (non-hydrogen) atoms. The highest BCUT2D eigenvalue weighted by Crippen LogP contribution is 2.30. The molecular weight excluding hydrogens is 328 g/mol. The summed E-state index contributed by atoms with van der Waals surface area (Å²) < 4.78 is 7.66. The fourth-order valence-electron chi connectivity index (χ4n) is 3.66. The molecule has 0 N–H and O–H groups in total. The Morgan fingerprint density at radius 1 is 1.27 bits per heavy atom. The van der Waals surface area contributed by atoms with Gasteiger partial charge in [-0.2, -0.15) is 0 Å². The zero-order valence-electron chi connectivity index (χ0n) is 15.1. The number of likely N-dealkylation sites (tertiary alicyclic amines) is 1. The van der Waals surface area contributed by atoms with E-state index in [9.17, 15) is 4.79 Å². The van der Waals surface area contributed by atoms with Gasteiger partial charge in [-0.25, -0.2) is 9.97 Å². The van der Waals surface area contributed by atoms with Crippen LogP contribution in [-0.4, -0.2) is 45.0 Å². The number of amides is 1.